The van der Waals surface area contributed by atoms with Gasteiger partial charge in [-0.15, -0.1) is 0 Å². The molecule has 0 saturated carbocycles. The van der Waals surface area contributed by atoms with Gasteiger partial charge >= 0.3 is 6.18 Å². The molecule has 3 aromatic rings. The summed E-state index contributed by atoms with van der Waals surface area (Å²) in [6.45, 7) is 4.79. The van der Waals surface area contributed by atoms with Crippen LogP contribution in [-0.2, 0) is 11.0 Å². The summed E-state index contributed by atoms with van der Waals surface area (Å²) >= 11 is 0. The number of nitrogens with one attached hydrogen (secondary N) is 2. The number of benzene rings is 2. The number of nitrogens with zero attached hydrogens (tertiary/aromatic N) is 1. The number of anilines is 2. The Kier molecular flexibility index (Phi) is 6.29. The van der Waals surface area contributed by atoms with Crippen molar-refractivity contribution in [3.05, 3.63) is 71.0 Å². The molecule has 0 unspecified atom stereocenters. The van der Waals surface area contributed by atoms with Crippen molar-refractivity contribution in [3.63, 3.8) is 0 Å². The third kappa shape index (κ3) is 4.77. The van der Waals surface area contributed by atoms with Crippen LogP contribution in [0.25, 0.3) is 5.69 Å². The summed E-state index contributed by atoms with van der Waals surface area (Å²) in [5.41, 5.74) is 1.47. The number of rotatable bonds is 5. The molecule has 2 N–H and O–H groups in total. The van der Waals surface area contributed by atoms with Crippen LogP contribution < -0.4 is 15.4 Å². The topological polar surface area (TPSA) is 72.4 Å². The molecule has 0 aliphatic carbocycles. The van der Waals surface area contributed by atoms with Gasteiger partial charge in [0.2, 0.25) is 5.91 Å². The number of methoxy groups -OCH3 is 1. The molecule has 0 bridgehead atoms. The third-order valence-electron chi connectivity index (χ3n) is 4.91. The van der Waals surface area contributed by atoms with E-state index in [1.54, 1.807) is 32.2 Å². The Bertz CT molecular complexity index is 1170. The summed E-state index contributed by atoms with van der Waals surface area (Å²) in [7, 11) is 1.56. The minimum absolute atomic E-state index is 0.0720. The Morgan fingerprint density at radius 2 is 1.59 bits per heavy atom. The number of alkyl halides is 3. The molecule has 32 heavy (non-hydrogen) atoms. The molecule has 0 atom stereocenters. The van der Waals surface area contributed by atoms with Gasteiger partial charge in [0.25, 0.3) is 5.91 Å². The quantitative estimate of drug-likeness (QED) is 0.558. The highest BCUT2D eigenvalue weighted by Gasteiger charge is 2.31. The molecule has 2 amide bonds. The van der Waals surface area contributed by atoms with Crippen LogP contribution >= 0.6 is 0 Å². The van der Waals surface area contributed by atoms with Gasteiger partial charge in [0, 0.05) is 24.0 Å². The van der Waals surface area contributed by atoms with Crippen molar-refractivity contribution < 1.29 is 27.5 Å². The Hall–Kier alpha value is -3.75. The molecule has 1 aromatic heterocycles. The van der Waals surface area contributed by atoms with Crippen molar-refractivity contribution in [1.29, 1.82) is 0 Å². The standard InChI is InChI=1S/C23H22F3N3O3/c1-13-11-19(14(2)29(13)17-6-8-18(32-4)9-7-17)22(31)28-21-12-16(23(24,25)26)5-10-20(21)27-15(3)30/h5-12H,1-4H3,(H,27,30)(H,28,31). The number of hydrogen-bond acceptors (Lipinski definition) is 3. The van der Waals surface area contributed by atoms with Gasteiger partial charge in [-0.25, -0.2) is 0 Å². The van der Waals surface area contributed by atoms with E-state index in [1.165, 1.54) is 6.92 Å². The largest absolute Gasteiger partial charge is 0.497 e. The summed E-state index contributed by atoms with van der Waals surface area (Å²) in [6.07, 6.45) is -4.60. The van der Waals surface area contributed by atoms with E-state index in [4.69, 9.17) is 4.74 Å². The van der Waals surface area contributed by atoms with Crippen LogP contribution in [0.5, 0.6) is 5.75 Å². The highest BCUT2D eigenvalue weighted by molar-refractivity contribution is 6.08. The van der Waals surface area contributed by atoms with E-state index in [9.17, 15) is 22.8 Å². The lowest BCUT2D eigenvalue weighted by Crippen LogP contribution is -2.17. The molecule has 1 heterocycles. The van der Waals surface area contributed by atoms with Crippen LogP contribution in [0.3, 0.4) is 0 Å². The maximum atomic E-state index is 13.2. The van der Waals surface area contributed by atoms with E-state index in [-0.39, 0.29) is 11.4 Å². The van der Waals surface area contributed by atoms with Crippen molar-refractivity contribution >= 4 is 23.2 Å². The molecule has 168 valence electrons. The lowest BCUT2D eigenvalue weighted by atomic mass is 10.1. The lowest BCUT2D eigenvalue weighted by Gasteiger charge is -2.15. The zero-order valence-electron chi connectivity index (χ0n) is 17.9. The maximum absolute atomic E-state index is 13.2. The van der Waals surface area contributed by atoms with Crippen LogP contribution in [0.2, 0.25) is 0 Å². The van der Waals surface area contributed by atoms with E-state index < -0.39 is 23.6 Å². The Labute approximate surface area is 183 Å². The van der Waals surface area contributed by atoms with Crippen molar-refractivity contribution in [2.24, 2.45) is 0 Å². The number of ether oxygens (including phenoxy) is 1. The summed E-state index contributed by atoms with van der Waals surface area (Å²) in [5, 5.41) is 4.95. The first-order chi connectivity index (χ1) is 15.0. The SMILES string of the molecule is COc1ccc(-n2c(C)cc(C(=O)Nc3cc(C(F)(F)F)ccc3NC(C)=O)c2C)cc1. The highest BCUT2D eigenvalue weighted by atomic mass is 19.4. The third-order valence-corrected chi connectivity index (χ3v) is 4.91. The van der Waals surface area contributed by atoms with Gasteiger partial charge in [-0.3, -0.25) is 9.59 Å². The molecular formula is C23H22F3N3O3. The van der Waals surface area contributed by atoms with Crippen molar-refractivity contribution in [2.45, 2.75) is 26.9 Å². The average Bonchev–Trinajstić information content (AvgIpc) is 3.02. The Balaban J connectivity index is 1.97. The number of halogens is 3. The zero-order valence-corrected chi connectivity index (χ0v) is 17.9. The number of carbonyl (C=O) groups excluding carboxylic acids is 2. The second kappa shape index (κ2) is 8.78. The number of aryl methyl sites for hydroxylation is 1. The molecule has 2 aromatic carbocycles. The van der Waals surface area contributed by atoms with Gasteiger partial charge in [0.15, 0.2) is 0 Å². The van der Waals surface area contributed by atoms with E-state index in [0.717, 1.165) is 29.6 Å². The summed E-state index contributed by atoms with van der Waals surface area (Å²) in [6, 6.07) is 11.7. The van der Waals surface area contributed by atoms with Crippen molar-refractivity contribution in [1.82, 2.24) is 4.57 Å². The van der Waals surface area contributed by atoms with Gasteiger partial charge in [0.05, 0.1) is 29.6 Å². The normalized spacial score (nSPS) is 11.2. The van der Waals surface area contributed by atoms with Gasteiger partial charge in [-0.2, -0.15) is 13.2 Å². The van der Waals surface area contributed by atoms with Crippen molar-refractivity contribution in [3.8, 4) is 11.4 Å². The summed E-state index contributed by atoms with van der Waals surface area (Å²) in [5.74, 6) is -0.383. The first-order valence-corrected chi connectivity index (χ1v) is 9.65. The molecule has 0 aliphatic rings. The van der Waals surface area contributed by atoms with Gasteiger partial charge in [0.1, 0.15) is 5.75 Å². The summed E-state index contributed by atoms with van der Waals surface area (Å²) < 4.78 is 46.5. The highest BCUT2D eigenvalue weighted by Crippen LogP contribution is 2.34. The molecule has 0 spiro atoms. The van der Waals surface area contributed by atoms with Crippen LogP contribution in [0.4, 0.5) is 24.5 Å². The fourth-order valence-corrected chi connectivity index (χ4v) is 3.43. The van der Waals surface area contributed by atoms with Crippen LogP contribution in [0, 0.1) is 13.8 Å². The van der Waals surface area contributed by atoms with E-state index in [1.807, 2.05) is 23.6 Å². The number of hydrogen-bond donors (Lipinski definition) is 2. The molecule has 9 heteroatoms. The minimum atomic E-state index is -4.60. The fourth-order valence-electron chi connectivity index (χ4n) is 3.43. The molecule has 0 radical (unpaired) electrons. The number of carbonyl (C=O) groups is 2. The van der Waals surface area contributed by atoms with Gasteiger partial charge < -0.3 is 19.9 Å². The molecule has 0 aliphatic heterocycles. The average molecular weight is 445 g/mol. The van der Waals surface area contributed by atoms with Gasteiger partial charge in [-0.1, -0.05) is 0 Å². The molecule has 6 nitrogen and oxygen atoms in total. The van der Waals surface area contributed by atoms with Crippen LogP contribution in [0.1, 0.15) is 34.2 Å². The number of amides is 2. The number of aromatic nitrogens is 1. The Morgan fingerprint density at radius 3 is 2.16 bits per heavy atom. The maximum Gasteiger partial charge on any atom is 0.416 e. The molecule has 0 saturated heterocycles. The monoisotopic (exact) mass is 445 g/mol. The molecule has 0 fully saturated rings. The second-order valence-corrected chi connectivity index (χ2v) is 7.21. The summed E-state index contributed by atoms with van der Waals surface area (Å²) in [4.78, 5) is 24.4. The van der Waals surface area contributed by atoms with Crippen molar-refractivity contribution in [2.75, 3.05) is 17.7 Å². The van der Waals surface area contributed by atoms with E-state index in [0.29, 0.717) is 17.0 Å². The predicted molar refractivity (Wildman–Crippen MR) is 115 cm³/mol. The first kappa shape index (κ1) is 22.9. The van der Waals surface area contributed by atoms with E-state index in [2.05, 4.69) is 10.6 Å². The Morgan fingerprint density at radius 1 is 0.938 bits per heavy atom. The zero-order chi connectivity index (χ0) is 23.6. The second-order valence-electron chi connectivity index (χ2n) is 7.21. The van der Waals surface area contributed by atoms with Crippen LogP contribution in [0.15, 0.2) is 48.5 Å². The molecule has 3 rings (SSSR count). The predicted octanol–water partition coefficient (Wildman–Crippen LogP) is 5.33. The first-order valence-electron chi connectivity index (χ1n) is 9.65. The van der Waals surface area contributed by atoms with E-state index >= 15 is 0 Å². The minimum Gasteiger partial charge on any atom is -0.497 e. The lowest BCUT2D eigenvalue weighted by molar-refractivity contribution is -0.137. The smallest absolute Gasteiger partial charge is 0.416 e. The van der Waals surface area contributed by atoms with Gasteiger partial charge in [-0.05, 0) is 62.4 Å². The molecular weight excluding hydrogens is 423 g/mol. The fraction of sp³-hybridized carbons (Fsp3) is 0.217. The van der Waals surface area contributed by atoms with Crippen LogP contribution in [-0.4, -0.2) is 23.5 Å².